The number of aromatic nitrogens is 2. The normalized spacial score (nSPS) is 25.0. The molecule has 1 aromatic rings. The molecule has 116 valence electrons. The second kappa shape index (κ2) is 7.22. The predicted molar refractivity (Wildman–Crippen MR) is 83.3 cm³/mol. The Morgan fingerprint density at radius 2 is 2.38 bits per heavy atom. The smallest absolute Gasteiger partial charge is 0.326 e. The van der Waals surface area contributed by atoms with Gasteiger partial charge in [-0.1, -0.05) is 18.7 Å². The first-order valence-corrected chi connectivity index (χ1v) is 8.36. The average Bonchev–Trinajstić information content (AvgIpc) is 2.84. The summed E-state index contributed by atoms with van der Waals surface area (Å²) in [5, 5.41) is 4.47. The summed E-state index contributed by atoms with van der Waals surface area (Å²) in [5.74, 6) is -0.125. The van der Waals surface area contributed by atoms with Crippen molar-refractivity contribution in [1.82, 2.24) is 15.3 Å². The molecular formula is C15H23N3O2S. The highest BCUT2D eigenvalue weighted by atomic mass is 32.2. The molecule has 0 aliphatic heterocycles. The molecule has 6 heteroatoms. The number of rotatable bonds is 6. The molecule has 2 unspecified atom stereocenters. The standard InChI is InChI=1S/C15H23N3O2S/c1-4-17-15(13(19)20-5-2)8-6-12(10-15)21-14-16-9-7-11(3)18-14/h7,9,12,17H,4-6,8,10H2,1-3H3. The monoisotopic (exact) mass is 309 g/mol. The molecule has 0 spiro atoms. The number of nitrogens with zero attached hydrogens (tertiary/aromatic N) is 2. The lowest BCUT2D eigenvalue weighted by molar-refractivity contribution is -0.151. The number of ether oxygens (including phenoxy) is 1. The first-order valence-electron chi connectivity index (χ1n) is 7.48. The lowest BCUT2D eigenvalue weighted by Gasteiger charge is -2.27. The van der Waals surface area contributed by atoms with E-state index >= 15 is 0 Å². The Hall–Kier alpha value is -1.14. The summed E-state index contributed by atoms with van der Waals surface area (Å²) in [7, 11) is 0. The predicted octanol–water partition coefficient (Wildman–Crippen LogP) is 2.34. The minimum absolute atomic E-state index is 0.125. The molecule has 1 fully saturated rings. The summed E-state index contributed by atoms with van der Waals surface area (Å²) in [5.41, 5.74) is 0.431. The van der Waals surface area contributed by atoms with Crippen molar-refractivity contribution in [2.75, 3.05) is 13.2 Å². The van der Waals surface area contributed by atoms with Gasteiger partial charge in [0.05, 0.1) is 6.61 Å². The highest BCUT2D eigenvalue weighted by molar-refractivity contribution is 7.99. The van der Waals surface area contributed by atoms with E-state index in [1.807, 2.05) is 26.8 Å². The Labute approximate surface area is 130 Å². The van der Waals surface area contributed by atoms with Gasteiger partial charge in [0, 0.05) is 17.1 Å². The molecule has 1 aliphatic rings. The minimum atomic E-state index is -0.535. The minimum Gasteiger partial charge on any atom is -0.465 e. The largest absolute Gasteiger partial charge is 0.465 e. The van der Waals surface area contributed by atoms with Gasteiger partial charge in [-0.2, -0.15) is 0 Å². The van der Waals surface area contributed by atoms with E-state index in [0.717, 1.165) is 36.7 Å². The number of carbonyl (C=O) groups excluding carboxylic acids is 1. The van der Waals surface area contributed by atoms with Crippen molar-refractivity contribution in [3.63, 3.8) is 0 Å². The second-order valence-corrected chi connectivity index (χ2v) is 6.56. The summed E-state index contributed by atoms with van der Waals surface area (Å²) in [6, 6.07) is 1.89. The van der Waals surface area contributed by atoms with Gasteiger partial charge in [-0.15, -0.1) is 0 Å². The number of aryl methyl sites for hydroxylation is 1. The van der Waals surface area contributed by atoms with Gasteiger partial charge < -0.3 is 10.1 Å². The maximum atomic E-state index is 12.3. The van der Waals surface area contributed by atoms with Crippen molar-refractivity contribution in [3.05, 3.63) is 18.0 Å². The van der Waals surface area contributed by atoms with Gasteiger partial charge in [-0.05, 0) is 45.7 Å². The SMILES string of the molecule is CCNC1(C(=O)OCC)CCC(Sc2nccc(C)n2)C1. The van der Waals surface area contributed by atoms with Crippen LogP contribution in [0, 0.1) is 6.92 Å². The molecule has 2 atom stereocenters. The fourth-order valence-corrected chi connectivity index (χ4v) is 3.98. The van der Waals surface area contributed by atoms with Crippen LogP contribution in [0.5, 0.6) is 0 Å². The zero-order valence-electron chi connectivity index (χ0n) is 12.9. The number of carbonyl (C=O) groups is 1. The van der Waals surface area contributed by atoms with E-state index < -0.39 is 5.54 Å². The van der Waals surface area contributed by atoms with E-state index in [1.54, 1.807) is 18.0 Å². The van der Waals surface area contributed by atoms with Gasteiger partial charge >= 0.3 is 5.97 Å². The Morgan fingerprint density at radius 1 is 1.57 bits per heavy atom. The third-order valence-corrected chi connectivity index (χ3v) is 4.84. The summed E-state index contributed by atoms with van der Waals surface area (Å²) in [4.78, 5) is 21.0. The Morgan fingerprint density at radius 3 is 3.05 bits per heavy atom. The first kappa shape index (κ1) is 16.2. The summed E-state index contributed by atoms with van der Waals surface area (Å²) in [6.07, 6.45) is 4.32. The zero-order chi connectivity index (χ0) is 15.3. The van der Waals surface area contributed by atoms with E-state index in [9.17, 15) is 4.79 Å². The van der Waals surface area contributed by atoms with E-state index in [0.29, 0.717) is 11.9 Å². The number of nitrogens with one attached hydrogen (secondary N) is 1. The third-order valence-electron chi connectivity index (χ3n) is 3.70. The van der Waals surface area contributed by atoms with Gasteiger partial charge in [-0.3, -0.25) is 4.79 Å². The number of esters is 1. The van der Waals surface area contributed by atoms with Crippen LogP contribution in [0.15, 0.2) is 17.4 Å². The van der Waals surface area contributed by atoms with E-state index in [-0.39, 0.29) is 5.97 Å². The summed E-state index contributed by atoms with van der Waals surface area (Å²) < 4.78 is 5.26. The van der Waals surface area contributed by atoms with Crippen LogP contribution in [-0.4, -0.2) is 39.9 Å². The molecule has 0 bridgehead atoms. The van der Waals surface area contributed by atoms with Gasteiger partial charge in [0.25, 0.3) is 0 Å². The number of hydrogen-bond acceptors (Lipinski definition) is 6. The molecule has 0 saturated heterocycles. The van der Waals surface area contributed by atoms with Crippen molar-refractivity contribution in [3.8, 4) is 0 Å². The number of likely N-dealkylation sites (N-methyl/N-ethyl adjacent to an activating group) is 1. The van der Waals surface area contributed by atoms with Crippen LogP contribution in [0.25, 0.3) is 0 Å². The van der Waals surface area contributed by atoms with Crippen molar-refractivity contribution >= 4 is 17.7 Å². The van der Waals surface area contributed by atoms with Crippen LogP contribution < -0.4 is 5.32 Å². The Kier molecular flexibility index (Phi) is 5.58. The third kappa shape index (κ3) is 3.95. The fraction of sp³-hybridized carbons (Fsp3) is 0.667. The van der Waals surface area contributed by atoms with Crippen molar-refractivity contribution in [2.45, 2.75) is 56.0 Å². The molecular weight excluding hydrogens is 286 g/mol. The lowest BCUT2D eigenvalue weighted by atomic mass is 9.98. The van der Waals surface area contributed by atoms with Crippen LogP contribution in [-0.2, 0) is 9.53 Å². The molecule has 0 aromatic carbocycles. The molecule has 1 aliphatic carbocycles. The Bertz CT molecular complexity index is 498. The van der Waals surface area contributed by atoms with Gasteiger partial charge in [0.1, 0.15) is 5.54 Å². The van der Waals surface area contributed by atoms with Crippen LogP contribution in [0.3, 0.4) is 0 Å². The molecule has 0 radical (unpaired) electrons. The molecule has 1 aromatic heterocycles. The first-order chi connectivity index (χ1) is 10.1. The van der Waals surface area contributed by atoms with Crippen LogP contribution in [0.4, 0.5) is 0 Å². The van der Waals surface area contributed by atoms with Crippen LogP contribution >= 0.6 is 11.8 Å². The number of thioether (sulfide) groups is 1. The molecule has 21 heavy (non-hydrogen) atoms. The molecule has 1 N–H and O–H groups in total. The van der Waals surface area contributed by atoms with Crippen LogP contribution in [0.2, 0.25) is 0 Å². The topological polar surface area (TPSA) is 64.1 Å². The quantitative estimate of drug-likeness (QED) is 0.643. The average molecular weight is 309 g/mol. The summed E-state index contributed by atoms with van der Waals surface area (Å²) in [6.45, 7) is 7.01. The zero-order valence-corrected chi connectivity index (χ0v) is 13.7. The van der Waals surface area contributed by atoms with Gasteiger partial charge in [-0.25, -0.2) is 9.97 Å². The molecule has 5 nitrogen and oxygen atoms in total. The summed E-state index contributed by atoms with van der Waals surface area (Å²) >= 11 is 1.66. The fourth-order valence-electron chi connectivity index (χ4n) is 2.76. The van der Waals surface area contributed by atoms with Crippen molar-refractivity contribution in [1.29, 1.82) is 0 Å². The maximum absolute atomic E-state index is 12.3. The Balaban J connectivity index is 2.04. The molecule has 1 heterocycles. The van der Waals surface area contributed by atoms with E-state index in [2.05, 4.69) is 15.3 Å². The van der Waals surface area contributed by atoms with Crippen molar-refractivity contribution in [2.24, 2.45) is 0 Å². The van der Waals surface area contributed by atoms with E-state index in [4.69, 9.17) is 4.74 Å². The maximum Gasteiger partial charge on any atom is 0.326 e. The molecule has 0 amide bonds. The van der Waals surface area contributed by atoms with Crippen LogP contribution in [0.1, 0.15) is 38.8 Å². The van der Waals surface area contributed by atoms with Gasteiger partial charge in [0.2, 0.25) is 0 Å². The van der Waals surface area contributed by atoms with Gasteiger partial charge in [0.15, 0.2) is 5.16 Å². The lowest BCUT2D eigenvalue weighted by Crippen LogP contribution is -2.51. The molecule has 2 rings (SSSR count). The molecule has 1 saturated carbocycles. The highest BCUT2D eigenvalue weighted by Crippen LogP contribution is 2.40. The number of hydrogen-bond donors (Lipinski definition) is 1. The second-order valence-electron chi connectivity index (χ2n) is 5.30. The highest BCUT2D eigenvalue weighted by Gasteiger charge is 2.46. The van der Waals surface area contributed by atoms with Crippen molar-refractivity contribution < 1.29 is 9.53 Å². The van der Waals surface area contributed by atoms with E-state index in [1.165, 1.54) is 0 Å².